The monoisotopic (exact) mass is 288 g/mol. The van der Waals surface area contributed by atoms with Crippen LogP contribution in [-0.2, 0) is 0 Å². The van der Waals surface area contributed by atoms with E-state index in [2.05, 4.69) is 31.9 Å². The van der Waals surface area contributed by atoms with Gasteiger partial charge in [0.25, 0.3) is 0 Å². The Balaban J connectivity index is 3.46. The number of benzene rings is 1. The lowest BCUT2D eigenvalue weighted by Gasteiger charge is -1.99. The quantitative estimate of drug-likeness (QED) is 0.505. The Hall–Kier alpha value is -0.0300. The SMILES string of the molecule is Fc1cc(Br)c(F)c(Br)c1F. The standard InChI is InChI=1S/C6HBr2F3/c7-2-1-3(9)6(11)4(8)5(2)10/h1H. The molecule has 60 valence electrons. The molecule has 0 aliphatic rings. The molecular weight excluding hydrogens is 289 g/mol. The molecule has 5 heteroatoms. The summed E-state index contributed by atoms with van der Waals surface area (Å²) in [6.07, 6.45) is 0. The summed E-state index contributed by atoms with van der Waals surface area (Å²) in [5.74, 6) is -3.15. The zero-order valence-electron chi connectivity index (χ0n) is 4.97. The number of halogens is 5. The molecule has 0 saturated carbocycles. The number of hydrogen-bond acceptors (Lipinski definition) is 0. The van der Waals surface area contributed by atoms with E-state index in [0.29, 0.717) is 0 Å². The van der Waals surface area contributed by atoms with Gasteiger partial charge in [-0.3, -0.25) is 0 Å². The van der Waals surface area contributed by atoms with E-state index in [9.17, 15) is 13.2 Å². The molecule has 1 aromatic carbocycles. The van der Waals surface area contributed by atoms with E-state index in [0.717, 1.165) is 6.07 Å². The Morgan fingerprint density at radius 3 is 2.09 bits per heavy atom. The van der Waals surface area contributed by atoms with Crippen molar-refractivity contribution in [2.45, 2.75) is 0 Å². The molecular formula is C6HBr2F3. The van der Waals surface area contributed by atoms with Crippen LogP contribution in [0.5, 0.6) is 0 Å². The number of hydrogen-bond donors (Lipinski definition) is 0. The van der Waals surface area contributed by atoms with Crippen LogP contribution in [0.3, 0.4) is 0 Å². The van der Waals surface area contributed by atoms with Crippen molar-refractivity contribution in [2.24, 2.45) is 0 Å². The van der Waals surface area contributed by atoms with E-state index in [1.807, 2.05) is 0 Å². The summed E-state index contributed by atoms with van der Waals surface area (Å²) in [6.45, 7) is 0. The van der Waals surface area contributed by atoms with Crippen LogP contribution in [0.25, 0.3) is 0 Å². The summed E-state index contributed by atoms with van der Waals surface area (Å²) in [5, 5.41) is 0. The highest BCUT2D eigenvalue weighted by Crippen LogP contribution is 2.27. The third-order valence-electron chi connectivity index (χ3n) is 1.06. The molecule has 0 nitrogen and oxygen atoms in total. The molecule has 0 amide bonds. The van der Waals surface area contributed by atoms with Gasteiger partial charge in [-0.25, -0.2) is 13.2 Å². The van der Waals surface area contributed by atoms with Gasteiger partial charge in [-0.15, -0.1) is 0 Å². The minimum Gasteiger partial charge on any atom is -0.204 e. The summed E-state index contributed by atoms with van der Waals surface area (Å²) in [4.78, 5) is 0. The topological polar surface area (TPSA) is 0 Å². The van der Waals surface area contributed by atoms with Gasteiger partial charge >= 0.3 is 0 Å². The summed E-state index contributed by atoms with van der Waals surface area (Å²) in [7, 11) is 0. The zero-order valence-corrected chi connectivity index (χ0v) is 8.14. The molecule has 11 heavy (non-hydrogen) atoms. The molecule has 1 aromatic rings. The minimum absolute atomic E-state index is 0.108. The van der Waals surface area contributed by atoms with Crippen LogP contribution in [0.2, 0.25) is 0 Å². The van der Waals surface area contributed by atoms with Crippen LogP contribution < -0.4 is 0 Å². The first-order valence-corrected chi connectivity index (χ1v) is 4.11. The first-order valence-electron chi connectivity index (χ1n) is 2.52. The first kappa shape index (κ1) is 9.06. The fraction of sp³-hybridized carbons (Fsp3) is 0. The predicted molar refractivity (Wildman–Crippen MR) is 41.7 cm³/mol. The van der Waals surface area contributed by atoms with Crippen LogP contribution in [0.15, 0.2) is 15.0 Å². The molecule has 0 aliphatic carbocycles. The second-order valence-electron chi connectivity index (χ2n) is 1.78. The van der Waals surface area contributed by atoms with E-state index < -0.39 is 21.9 Å². The Morgan fingerprint density at radius 1 is 1.00 bits per heavy atom. The van der Waals surface area contributed by atoms with E-state index >= 15 is 0 Å². The Bertz CT molecular complexity index is 272. The molecule has 0 spiro atoms. The van der Waals surface area contributed by atoms with Crippen molar-refractivity contribution in [1.29, 1.82) is 0 Å². The third kappa shape index (κ3) is 1.59. The van der Waals surface area contributed by atoms with Gasteiger partial charge < -0.3 is 0 Å². The van der Waals surface area contributed by atoms with E-state index in [4.69, 9.17) is 0 Å². The van der Waals surface area contributed by atoms with Gasteiger partial charge in [0.05, 0.1) is 8.95 Å². The summed E-state index contributed by atoms with van der Waals surface area (Å²) in [6, 6.07) is 0.732. The van der Waals surface area contributed by atoms with Gasteiger partial charge in [-0.2, -0.15) is 0 Å². The van der Waals surface area contributed by atoms with Crippen molar-refractivity contribution in [3.8, 4) is 0 Å². The van der Waals surface area contributed by atoms with Crippen LogP contribution in [0.1, 0.15) is 0 Å². The van der Waals surface area contributed by atoms with Crippen LogP contribution in [-0.4, -0.2) is 0 Å². The molecule has 0 saturated heterocycles. The summed E-state index contributed by atoms with van der Waals surface area (Å²) < 4.78 is 37.0. The van der Waals surface area contributed by atoms with E-state index in [1.54, 1.807) is 0 Å². The van der Waals surface area contributed by atoms with Crippen LogP contribution >= 0.6 is 31.9 Å². The van der Waals surface area contributed by atoms with Crippen molar-refractivity contribution in [1.82, 2.24) is 0 Å². The van der Waals surface area contributed by atoms with Crippen LogP contribution in [0, 0.1) is 17.5 Å². The Morgan fingerprint density at radius 2 is 1.55 bits per heavy atom. The largest absolute Gasteiger partial charge is 0.204 e. The van der Waals surface area contributed by atoms with Crippen molar-refractivity contribution >= 4 is 31.9 Å². The molecule has 0 radical (unpaired) electrons. The second-order valence-corrected chi connectivity index (χ2v) is 3.43. The van der Waals surface area contributed by atoms with Crippen molar-refractivity contribution in [3.63, 3.8) is 0 Å². The molecule has 0 aromatic heterocycles. The lowest BCUT2D eigenvalue weighted by molar-refractivity contribution is 0.485. The molecule has 0 heterocycles. The smallest absolute Gasteiger partial charge is 0.176 e. The normalized spacial score (nSPS) is 10.3. The van der Waals surface area contributed by atoms with Crippen LogP contribution in [0.4, 0.5) is 13.2 Å². The molecule has 0 bridgehead atoms. The fourth-order valence-electron chi connectivity index (χ4n) is 0.544. The van der Waals surface area contributed by atoms with Gasteiger partial charge in [0, 0.05) is 0 Å². The predicted octanol–water partition coefficient (Wildman–Crippen LogP) is 3.63. The molecule has 0 N–H and O–H groups in total. The van der Waals surface area contributed by atoms with Gasteiger partial charge in [0.1, 0.15) is 0 Å². The van der Waals surface area contributed by atoms with Crippen molar-refractivity contribution < 1.29 is 13.2 Å². The lowest BCUT2D eigenvalue weighted by Crippen LogP contribution is -1.90. The average Bonchev–Trinajstić information content (AvgIpc) is 1.97. The minimum atomic E-state index is -1.22. The fourth-order valence-corrected chi connectivity index (χ4v) is 1.61. The molecule has 0 unspecified atom stereocenters. The van der Waals surface area contributed by atoms with Gasteiger partial charge in [-0.05, 0) is 37.9 Å². The Kier molecular flexibility index (Phi) is 2.59. The number of rotatable bonds is 0. The zero-order chi connectivity index (χ0) is 8.59. The van der Waals surface area contributed by atoms with E-state index in [-0.39, 0.29) is 4.47 Å². The molecule has 1 rings (SSSR count). The first-order chi connectivity index (χ1) is 5.04. The summed E-state index contributed by atoms with van der Waals surface area (Å²) in [5.41, 5.74) is 0. The second kappa shape index (κ2) is 3.15. The maximum absolute atomic E-state index is 12.7. The Labute approximate surface area is 77.7 Å². The molecule has 0 aliphatic heterocycles. The van der Waals surface area contributed by atoms with E-state index in [1.165, 1.54) is 0 Å². The van der Waals surface area contributed by atoms with Gasteiger partial charge in [0.15, 0.2) is 17.5 Å². The maximum Gasteiger partial charge on any atom is 0.176 e. The molecule has 0 atom stereocenters. The average molecular weight is 290 g/mol. The highest BCUT2D eigenvalue weighted by molar-refractivity contribution is 9.11. The highest BCUT2D eigenvalue weighted by atomic mass is 79.9. The van der Waals surface area contributed by atoms with Gasteiger partial charge in [0.2, 0.25) is 0 Å². The summed E-state index contributed by atoms with van der Waals surface area (Å²) >= 11 is 5.28. The highest BCUT2D eigenvalue weighted by Gasteiger charge is 2.14. The third-order valence-corrected chi connectivity index (χ3v) is 2.33. The van der Waals surface area contributed by atoms with Gasteiger partial charge in [-0.1, -0.05) is 0 Å². The maximum atomic E-state index is 12.7. The lowest BCUT2D eigenvalue weighted by atomic mass is 10.3. The molecule has 0 fully saturated rings. The van der Waals surface area contributed by atoms with Crippen molar-refractivity contribution in [3.05, 3.63) is 32.5 Å². The van der Waals surface area contributed by atoms with Crippen molar-refractivity contribution in [2.75, 3.05) is 0 Å².